The van der Waals surface area contributed by atoms with E-state index in [9.17, 15) is 8.42 Å². The first-order chi connectivity index (χ1) is 15.4. The molecule has 0 amide bonds. The maximum Gasteiger partial charge on any atom is 0.206 e. The van der Waals surface area contributed by atoms with Crippen LogP contribution in [0.25, 0.3) is 0 Å². The Morgan fingerprint density at radius 2 is 1.09 bits per heavy atom. The minimum absolute atomic E-state index is 0.193. The first kappa shape index (κ1) is 20.0. The van der Waals surface area contributed by atoms with Gasteiger partial charge in [-0.15, -0.1) is 0 Å². The topological polar surface area (TPSA) is 105 Å². The van der Waals surface area contributed by atoms with Crippen molar-refractivity contribution in [1.82, 2.24) is 0 Å². The fourth-order valence-electron chi connectivity index (χ4n) is 3.42. The second-order valence-corrected chi connectivity index (χ2v) is 9.45. The van der Waals surface area contributed by atoms with Gasteiger partial charge < -0.3 is 20.9 Å². The van der Waals surface area contributed by atoms with Gasteiger partial charge in [-0.25, -0.2) is 8.42 Å². The lowest BCUT2D eigenvalue weighted by molar-refractivity contribution is 0.292. The zero-order valence-corrected chi connectivity index (χ0v) is 17.8. The van der Waals surface area contributed by atoms with Crippen LogP contribution in [0.1, 0.15) is 17.2 Å². The van der Waals surface area contributed by atoms with Crippen LogP contribution in [0.3, 0.4) is 0 Å². The molecule has 4 N–H and O–H groups in total. The molecule has 6 nitrogen and oxygen atoms in total. The zero-order valence-electron chi connectivity index (χ0n) is 16.9. The molecular weight excluding hydrogens is 424 g/mol. The minimum atomic E-state index is -3.67. The van der Waals surface area contributed by atoms with Gasteiger partial charge in [0.2, 0.25) is 9.84 Å². The molecule has 1 atom stereocenters. The van der Waals surface area contributed by atoms with Crippen molar-refractivity contribution >= 4 is 21.2 Å². The van der Waals surface area contributed by atoms with E-state index in [1.807, 2.05) is 0 Å². The molecule has 0 saturated heterocycles. The van der Waals surface area contributed by atoms with E-state index < -0.39 is 9.84 Å². The Hall–Kier alpha value is -3.97. The quantitative estimate of drug-likeness (QED) is 0.407. The molecule has 1 aliphatic carbocycles. The third kappa shape index (κ3) is 3.86. The molecule has 7 heteroatoms. The van der Waals surface area contributed by atoms with Gasteiger partial charge in [-0.3, -0.25) is 0 Å². The Labute approximate surface area is 185 Å². The first-order valence-electron chi connectivity index (χ1n) is 9.95. The van der Waals surface area contributed by atoms with Crippen LogP contribution in [-0.4, -0.2) is 8.42 Å². The SMILES string of the molecule is Nc1ccc(Oc2ccc(S(=O)(=O)c3ccc4c(c3)C4Oc3ccc(N)cc3)cc2)cc1. The number of sulfone groups is 1. The van der Waals surface area contributed by atoms with Crippen LogP contribution in [0.4, 0.5) is 11.4 Å². The maximum atomic E-state index is 13.1. The van der Waals surface area contributed by atoms with Crippen molar-refractivity contribution in [2.24, 2.45) is 0 Å². The number of hydrogen-bond donors (Lipinski definition) is 2. The lowest BCUT2D eigenvalue weighted by Gasteiger charge is -2.08. The second kappa shape index (κ2) is 7.62. The Balaban J connectivity index is 1.31. The maximum absolute atomic E-state index is 13.1. The van der Waals surface area contributed by atoms with Crippen LogP contribution >= 0.6 is 0 Å². The molecule has 32 heavy (non-hydrogen) atoms. The fourth-order valence-corrected chi connectivity index (χ4v) is 4.72. The number of rotatable bonds is 6. The van der Waals surface area contributed by atoms with E-state index in [0.29, 0.717) is 28.6 Å². The molecule has 0 fully saturated rings. The number of benzene rings is 4. The largest absolute Gasteiger partial charge is 0.481 e. The summed E-state index contributed by atoms with van der Waals surface area (Å²) in [4.78, 5) is 0.422. The molecule has 1 unspecified atom stereocenters. The summed E-state index contributed by atoms with van der Waals surface area (Å²) in [5, 5.41) is 0. The highest BCUT2D eigenvalue weighted by molar-refractivity contribution is 7.91. The number of fused-ring (bicyclic) bond motifs is 1. The first-order valence-corrected chi connectivity index (χ1v) is 11.4. The fraction of sp³-hybridized carbons (Fsp3) is 0.0400. The highest BCUT2D eigenvalue weighted by Crippen LogP contribution is 2.46. The second-order valence-electron chi connectivity index (χ2n) is 7.50. The van der Waals surface area contributed by atoms with Gasteiger partial charge in [0, 0.05) is 22.5 Å². The molecule has 4 aromatic carbocycles. The summed E-state index contributed by atoms with van der Waals surface area (Å²) in [5.74, 6) is 1.83. The summed E-state index contributed by atoms with van der Waals surface area (Å²) in [5.41, 5.74) is 14.5. The molecule has 0 heterocycles. The minimum Gasteiger partial charge on any atom is -0.481 e. The molecule has 1 aliphatic rings. The summed E-state index contributed by atoms with van der Waals surface area (Å²) < 4.78 is 37.9. The smallest absolute Gasteiger partial charge is 0.206 e. The van der Waals surface area contributed by atoms with Gasteiger partial charge in [0.05, 0.1) is 9.79 Å². The van der Waals surface area contributed by atoms with E-state index in [1.54, 1.807) is 78.9 Å². The lowest BCUT2D eigenvalue weighted by atomic mass is 10.3. The molecule has 0 saturated carbocycles. The molecule has 0 aliphatic heterocycles. The van der Waals surface area contributed by atoms with Gasteiger partial charge in [0.15, 0.2) is 0 Å². The molecule has 0 radical (unpaired) electrons. The van der Waals surface area contributed by atoms with E-state index >= 15 is 0 Å². The number of anilines is 2. The van der Waals surface area contributed by atoms with Gasteiger partial charge in [0.1, 0.15) is 23.4 Å². The predicted octanol–water partition coefficient (Wildman–Crippen LogP) is 4.96. The average molecular weight is 445 g/mol. The third-order valence-corrected chi connectivity index (χ3v) is 7.00. The van der Waals surface area contributed by atoms with Crippen molar-refractivity contribution in [2.75, 3.05) is 11.5 Å². The van der Waals surface area contributed by atoms with Crippen molar-refractivity contribution in [3.8, 4) is 17.2 Å². The summed E-state index contributed by atoms with van der Waals surface area (Å²) in [7, 11) is -3.67. The van der Waals surface area contributed by atoms with E-state index in [4.69, 9.17) is 20.9 Å². The lowest BCUT2D eigenvalue weighted by Crippen LogP contribution is -2.01. The Kier molecular flexibility index (Phi) is 4.75. The zero-order chi connectivity index (χ0) is 22.3. The summed E-state index contributed by atoms with van der Waals surface area (Å²) in [6, 6.07) is 25.5. The van der Waals surface area contributed by atoms with Crippen LogP contribution in [0.15, 0.2) is 101 Å². The van der Waals surface area contributed by atoms with E-state index in [0.717, 1.165) is 11.1 Å². The van der Waals surface area contributed by atoms with Gasteiger partial charge in [0.25, 0.3) is 0 Å². The van der Waals surface area contributed by atoms with Gasteiger partial charge >= 0.3 is 0 Å². The van der Waals surface area contributed by atoms with Crippen LogP contribution in [0, 0.1) is 0 Å². The van der Waals surface area contributed by atoms with Crippen molar-refractivity contribution in [2.45, 2.75) is 15.9 Å². The number of hydrogen-bond acceptors (Lipinski definition) is 6. The van der Waals surface area contributed by atoms with Crippen LogP contribution in [0.5, 0.6) is 17.2 Å². The van der Waals surface area contributed by atoms with Crippen molar-refractivity contribution in [3.05, 3.63) is 102 Å². The summed E-state index contributed by atoms with van der Waals surface area (Å²) in [6.45, 7) is 0. The van der Waals surface area contributed by atoms with Gasteiger partial charge in [-0.1, -0.05) is 6.07 Å². The molecule has 0 aromatic heterocycles. The number of nitrogens with two attached hydrogens (primary N) is 2. The Bertz CT molecular complexity index is 1380. The Morgan fingerprint density at radius 1 is 0.594 bits per heavy atom. The van der Waals surface area contributed by atoms with Gasteiger partial charge in [-0.05, 0) is 84.9 Å². The predicted molar refractivity (Wildman–Crippen MR) is 123 cm³/mol. The summed E-state index contributed by atoms with van der Waals surface area (Å²) >= 11 is 0. The van der Waals surface area contributed by atoms with Crippen molar-refractivity contribution in [1.29, 1.82) is 0 Å². The number of nitrogen functional groups attached to an aromatic ring is 2. The highest BCUT2D eigenvalue weighted by atomic mass is 32.2. The standard InChI is InChI=1S/C25H20N2O4S/c26-16-1-5-18(6-2-16)30-19-9-11-21(12-10-19)32(28,29)22-13-14-23-24(15-22)25(23)31-20-7-3-17(27)4-8-20/h1-15,25H,26-27H2. The van der Waals surface area contributed by atoms with Crippen LogP contribution in [-0.2, 0) is 9.84 Å². The highest BCUT2D eigenvalue weighted by Gasteiger charge is 2.36. The molecule has 5 rings (SSSR count). The van der Waals surface area contributed by atoms with E-state index in [1.165, 1.54) is 12.1 Å². The van der Waals surface area contributed by atoms with E-state index in [-0.39, 0.29) is 15.9 Å². The third-order valence-electron chi connectivity index (χ3n) is 5.23. The van der Waals surface area contributed by atoms with Crippen molar-refractivity contribution in [3.63, 3.8) is 0 Å². The molecule has 0 bridgehead atoms. The number of ether oxygens (including phenoxy) is 2. The monoisotopic (exact) mass is 444 g/mol. The summed E-state index contributed by atoms with van der Waals surface area (Å²) in [6.07, 6.45) is -0.238. The van der Waals surface area contributed by atoms with Crippen molar-refractivity contribution < 1.29 is 17.9 Å². The molecule has 160 valence electrons. The van der Waals surface area contributed by atoms with Crippen LogP contribution in [0.2, 0.25) is 0 Å². The molecule has 4 aromatic rings. The van der Waals surface area contributed by atoms with Crippen LogP contribution < -0.4 is 20.9 Å². The normalized spacial score (nSPS) is 14.4. The molecular formula is C25H20N2O4S. The Morgan fingerprint density at radius 3 is 1.69 bits per heavy atom. The molecule has 0 spiro atoms. The van der Waals surface area contributed by atoms with Gasteiger partial charge in [-0.2, -0.15) is 0 Å². The van der Waals surface area contributed by atoms with E-state index in [2.05, 4.69) is 0 Å². The average Bonchev–Trinajstić information content (AvgIpc) is 3.49.